The fraction of sp³-hybridized carbons (Fsp3) is 0.300. The molecular formula is C10H8BrClF3NO. The van der Waals surface area contributed by atoms with Gasteiger partial charge in [-0.05, 0) is 34.1 Å². The van der Waals surface area contributed by atoms with Gasteiger partial charge in [-0.2, -0.15) is 13.2 Å². The minimum Gasteiger partial charge on any atom is -0.325 e. The molecule has 0 saturated carbocycles. The number of hydrogen-bond donors (Lipinski definition) is 1. The molecule has 0 radical (unpaired) electrons. The van der Waals surface area contributed by atoms with Crippen molar-refractivity contribution in [2.45, 2.75) is 19.0 Å². The van der Waals surface area contributed by atoms with Crippen molar-refractivity contribution >= 4 is 39.1 Å². The molecule has 0 aliphatic heterocycles. The van der Waals surface area contributed by atoms with Gasteiger partial charge in [-0.3, -0.25) is 4.79 Å². The van der Waals surface area contributed by atoms with Crippen LogP contribution in [0.15, 0.2) is 22.7 Å². The summed E-state index contributed by atoms with van der Waals surface area (Å²) in [6.45, 7) is 0. The Hall–Kier alpha value is -0.750. The van der Waals surface area contributed by atoms with E-state index in [4.69, 9.17) is 11.6 Å². The average Bonchev–Trinajstić information content (AvgIpc) is 2.18. The molecule has 0 saturated heterocycles. The van der Waals surface area contributed by atoms with Crippen LogP contribution in [-0.4, -0.2) is 12.1 Å². The molecule has 7 heteroatoms. The van der Waals surface area contributed by atoms with E-state index in [0.717, 1.165) is 0 Å². The van der Waals surface area contributed by atoms with Gasteiger partial charge < -0.3 is 5.32 Å². The maximum absolute atomic E-state index is 11.9. The van der Waals surface area contributed by atoms with E-state index in [2.05, 4.69) is 21.2 Å². The zero-order valence-electron chi connectivity index (χ0n) is 8.44. The molecule has 0 aliphatic carbocycles. The van der Waals surface area contributed by atoms with Gasteiger partial charge in [-0.25, -0.2) is 0 Å². The normalized spacial score (nSPS) is 11.4. The molecule has 1 N–H and O–H groups in total. The molecule has 17 heavy (non-hydrogen) atoms. The SMILES string of the molecule is O=C(CCC(F)(F)F)Nc1ccc(Cl)cc1Br. The third-order valence-corrected chi connectivity index (χ3v) is 2.73. The van der Waals surface area contributed by atoms with Gasteiger partial charge in [0.15, 0.2) is 0 Å². The topological polar surface area (TPSA) is 29.1 Å². The van der Waals surface area contributed by atoms with Crippen LogP contribution in [0.4, 0.5) is 18.9 Å². The Bertz CT molecular complexity index is 423. The molecule has 1 amide bonds. The summed E-state index contributed by atoms with van der Waals surface area (Å²) in [5.41, 5.74) is 0.390. The zero-order chi connectivity index (χ0) is 13.1. The maximum Gasteiger partial charge on any atom is 0.389 e. The van der Waals surface area contributed by atoms with Crippen molar-refractivity contribution in [2.75, 3.05) is 5.32 Å². The molecule has 1 aromatic carbocycles. The maximum atomic E-state index is 11.9. The number of rotatable bonds is 3. The molecular weight excluding hydrogens is 322 g/mol. The van der Waals surface area contributed by atoms with Gasteiger partial charge in [0, 0.05) is 15.9 Å². The van der Waals surface area contributed by atoms with Crippen LogP contribution in [0.2, 0.25) is 5.02 Å². The fourth-order valence-electron chi connectivity index (χ4n) is 1.06. The summed E-state index contributed by atoms with van der Waals surface area (Å²) in [4.78, 5) is 11.2. The third kappa shape index (κ3) is 5.41. The van der Waals surface area contributed by atoms with Gasteiger partial charge in [-0.15, -0.1) is 0 Å². The zero-order valence-corrected chi connectivity index (χ0v) is 10.8. The van der Waals surface area contributed by atoms with E-state index < -0.39 is 24.9 Å². The van der Waals surface area contributed by atoms with Crippen molar-refractivity contribution in [3.8, 4) is 0 Å². The summed E-state index contributed by atoms with van der Waals surface area (Å²) in [6, 6.07) is 4.59. The molecule has 0 unspecified atom stereocenters. The van der Waals surface area contributed by atoms with Crippen molar-refractivity contribution in [1.29, 1.82) is 0 Å². The average molecular weight is 331 g/mol. The molecule has 0 heterocycles. The van der Waals surface area contributed by atoms with E-state index in [9.17, 15) is 18.0 Å². The van der Waals surface area contributed by atoms with Crippen molar-refractivity contribution in [3.05, 3.63) is 27.7 Å². The molecule has 0 atom stereocenters. The number of benzene rings is 1. The number of nitrogens with one attached hydrogen (secondary N) is 1. The number of anilines is 1. The van der Waals surface area contributed by atoms with Crippen LogP contribution in [0, 0.1) is 0 Å². The fourth-order valence-corrected chi connectivity index (χ4v) is 1.84. The van der Waals surface area contributed by atoms with Crippen molar-refractivity contribution in [2.24, 2.45) is 0 Å². The molecule has 0 aromatic heterocycles. The van der Waals surface area contributed by atoms with E-state index in [1.807, 2.05) is 0 Å². The quantitative estimate of drug-likeness (QED) is 0.875. The third-order valence-electron chi connectivity index (χ3n) is 1.84. The molecule has 1 aromatic rings. The van der Waals surface area contributed by atoms with Gasteiger partial charge in [-0.1, -0.05) is 11.6 Å². The Labute approximate surface area is 109 Å². The van der Waals surface area contributed by atoms with Crippen LogP contribution in [0.5, 0.6) is 0 Å². The van der Waals surface area contributed by atoms with Gasteiger partial charge in [0.05, 0.1) is 12.1 Å². The first kappa shape index (κ1) is 14.3. The molecule has 0 fully saturated rings. The summed E-state index contributed by atoms with van der Waals surface area (Å²) in [5.74, 6) is -0.689. The minimum atomic E-state index is -4.32. The molecule has 0 spiro atoms. The second-order valence-electron chi connectivity index (χ2n) is 3.29. The summed E-state index contributed by atoms with van der Waals surface area (Å²) in [5, 5.41) is 2.83. The molecule has 0 aliphatic rings. The second-order valence-corrected chi connectivity index (χ2v) is 4.58. The molecule has 2 nitrogen and oxygen atoms in total. The number of halogens is 5. The summed E-state index contributed by atoms with van der Waals surface area (Å²) in [6.07, 6.45) is -6.06. The van der Waals surface area contributed by atoms with E-state index in [0.29, 0.717) is 15.2 Å². The first-order valence-electron chi connectivity index (χ1n) is 4.59. The lowest BCUT2D eigenvalue weighted by atomic mass is 10.2. The summed E-state index contributed by atoms with van der Waals surface area (Å²) >= 11 is 8.83. The van der Waals surface area contributed by atoms with E-state index in [-0.39, 0.29) is 0 Å². The number of amides is 1. The van der Waals surface area contributed by atoms with Crippen LogP contribution in [-0.2, 0) is 4.79 Å². The number of carbonyl (C=O) groups excluding carboxylic acids is 1. The second kappa shape index (κ2) is 5.73. The first-order chi connectivity index (χ1) is 7.78. The predicted octanol–water partition coefficient (Wildman–Crippen LogP) is 4.38. The van der Waals surface area contributed by atoms with Crippen molar-refractivity contribution < 1.29 is 18.0 Å². The summed E-state index contributed by atoms with van der Waals surface area (Å²) in [7, 11) is 0. The lowest BCUT2D eigenvalue weighted by molar-refractivity contribution is -0.142. The van der Waals surface area contributed by atoms with E-state index >= 15 is 0 Å². The van der Waals surface area contributed by atoms with Gasteiger partial charge in [0.2, 0.25) is 5.91 Å². The van der Waals surface area contributed by atoms with Crippen molar-refractivity contribution in [3.63, 3.8) is 0 Å². The van der Waals surface area contributed by atoms with Gasteiger partial charge >= 0.3 is 6.18 Å². The first-order valence-corrected chi connectivity index (χ1v) is 5.77. The highest BCUT2D eigenvalue weighted by Gasteiger charge is 2.27. The highest BCUT2D eigenvalue weighted by molar-refractivity contribution is 9.10. The van der Waals surface area contributed by atoms with Crippen LogP contribution in [0.1, 0.15) is 12.8 Å². The van der Waals surface area contributed by atoms with E-state index in [1.54, 1.807) is 6.07 Å². The standard InChI is InChI=1S/C10H8BrClF3NO/c11-7-5-6(12)1-2-8(7)16-9(17)3-4-10(13,14)15/h1-2,5H,3-4H2,(H,16,17). The summed E-state index contributed by atoms with van der Waals surface area (Å²) < 4.78 is 36.2. The molecule has 1 rings (SSSR count). The number of hydrogen-bond acceptors (Lipinski definition) is 1. The van der Waals surface area contributed by atoms with Crippen LogP contribution in [0.25, 0.3) is 0 Å². The Morgan fingerprint density at radius 3 is 2.59 bits per heavy atom. The Balaban J connectivity index is 2.57. The lowest BCUT2D eigenvalue weighted by Gasteiger charge is -2.09. The monoisotopic (exact) mass is 329 g/mol. The lowest BCUT2D eigenvalue weighted by Crippen LogP contribution is -2.16. The van der Waals surface area contributed by atoms with Gasteiger partial charge in [0.25, 0.3) is 0 Å². The Morgan fingerprint density at radius 2 is 2.06 bits per heavy atom. The largest absolute Gasteiger partial charge is 0.389 e. The Morgan fingerprint density at radius 1 is 1.41 bits per heavy atom. The van der Waals surface area contributed by atoms with Gasteiger partial charge in [0.1, 0.15) is 0 Å². The van der Waals surface area contributed by atoms with Crippen LogP contribution >= 0.6 is 27.5 Å². The Kier molecular flexibility index (Phi) is 4.82. The smallest absolute Gasteiger partial charge is 0.325 e. The predicted molar refractivity (Wildman–Crippen MR) is 63.1 cm³/mol. The van der Waals surface area contributed by atoms with E-state index in [1.165, 1.54) is 12.1 Å². The number of carbonyl (C=O) groups is 1. The highest BCUT2D eigenvalue weighted by Crippen LogP contribution is 2.27. The molecule has 94 valence electrons. The van der Waals surface area contributed by atoms with Crippen LogP contribution < -0.4 is 5.32 Å². The molecule has 0 bridgehead atoms. The minimum absolute atomic E-state index is 0.390. The number of alkyl halides is 3. The van der Waals surface area contributed by atoms with Crippen molar-refractivity contribution in [1.82, 2.24) is 0 Å². The highest BCUT2D eigenvalue weighted by atomic mass is 79.9. The van der Waals surface area contributed by atoms with Crippen LogP contribution in [0.3, 0.4) is 0 Å².